The number of benzene rings is 2. The van der Waals surface area contributed by atoms with Crippen molar-refractivity contribution in [1.29, 1.82) is 0 Å². The van der Waals surface area contributed by atoms with Gasteiger partial charge in [0, 0.05) is 33.8 Å². The lowest BCUT2D eigenvalue weighted by Gasteiger charge is -2.06. The molecule has 0 saturated carbocycles. The van der Waals surface area contributed by atoms with E-state index >= 15 is 0 Å². The Hall–Kier alpha value is -2.27. The molecule has 0 spiro atoms. The second-order valence-electron chi connectivity index (χ2n) is 5.21. The molecule has 3 aromatic rings. The topological polar surface area (TPSA) is 44.9 Å². The van der Waals surface area contributed by atoms with Gasteiger partial charge in [-0.3, -0.25) is 4.79 Å². The van der Waals surface area contributed by atoms with Crippen LogP contribution in [0.5, 0.6) is 0 Å². The highest BCUT2D eigenvalue weighted by Crippen LogP contribution is 2.30. The quantitative estimate of drug-likeness (QED) is 0.546. The van der Waals surface area contributed by atoms with E-state index in [0.717, 1.165) is 17.0 Å². The van der Waals surface area contributed by atoms with Crippen molar-refractivity contribution >= 4 is 28.6 Å². The van der Waals surface area contributed by atoms with Gasteiger partial charge in [-0.2, -0.15) is 0 Å². The highest BCUT2D eigenvalue weighted by molar-refractivity contribution is 7.99. The van der Waals surface area contributed by atoms with Crippen LogP contribution in [0.25, 0.3) is 10.9 Å². The monoisotopic (exact) mass is 328 g/mol. The van der Waals surface area contributed by atoms with E-state index in [0.29, 0.717) is 6.54 Å². The highest BCUT2D eigenvalue weighted by Gasteiger charge is 2.11. The van der Waals surface area contributed by atoms with Gasteiger partial charge in [0.1, 0.15) is 5.82 Å². The number of fused-ring (bicyclic) bond motifs is 1. The number of aromatic amines is 1. The summed E-state index contributed by atoms with van der Waals surface area (Å²) in [5.41, 5.74) is 2.32. The molecule has 0 atom stereocenters. The van der Waals surface area contributed by atoms with Crippen LogP contribution in [-0.4, -0.2) is 23.2 Å². The Labute approximate surface area is 138 Å². The van der Waals surface area contributed by atoms with Crippen LogP contribution in [0, 0.1) is 12.7 Å². The van der Waals surface area contributed by atoms with Crippen molar-refractivity contribution in [3.8, 4) is 0 Å². The fourth-order valence-electron chi connectivity index (χ4n) is 2.50. The second kappa shape index (κ2) is 6.87. The predicted octanol–water partition coefficient (Wildman–Crippen LogP) is 4.14. The number of aryl methyl sites for hydroxylation is 1. The van der Waals surface area contributed by atoms with Gasteiger partial charge in [0.05, 0.1) is 5.56 Å². The van der Waals surface area contributed by atoms with Crippen LogP contribution in [0.15, 0.2) is 53.4 Å². The molecule has 5 heteroatoms. The maximum absolute atomic E-state index is 13.5. The van der Waals surface area contributed by atoms with Crippen molar-refractivity contribution < 1.29 is 9.18 Å². The summed E-state index contributed by atoms with van der Waals surface area (Å²) < 4.78 is 13.5. The first-order valence-electron chi connectivity index (χ1n) is 7.39. The van der Waals surface area contributed by atoms with Crippen molar-refractivity contribution in [1.82, 2.24) is 10.3 Å². The third kappa shape index (κ3) is 3.40. The van der Waals surface area contributed by atoms with E-state index in [1.807, 2.05) is 25.1 Å². The SMILES string of the molecule is Cc1[nH]c2ccccc2c1SCCNC(=O)c1ccccc1F. The maximum Gasteiger partial charge on any atom is 0.254 e. The second-order valence-corrected chi connectivity index (χ2v) is 6.31. The number of amides is 1. The first kappa shape index (κ1) is 15.6. The Bertz CT molecular complexity index is 844. The van der Waals surface area contributed by atoms with Gasteiger partial charge in [-0.25, -0.2) is 4.39 Å². The number of carbonyl (C=O) groups is 1. The first-order valence-corrected chi connectivity index (χ1v) is 8.38. The van der Waals surface area contributed by atoms with Crippen LogP contribution in [-0.2, 0) is 0 Å². The normalized spacial score (nSPS) is 10.9. The molecular weight excluding hydrogens is 311 g/mol. The van der Waals surface area contributed by atoms with Crippen molar-refractivity contribution in [2.45, 2.75) is 11.8 Å². The molecule has 0 unspecified atom stereocenters. The summed E-state index contributed by atoms with van der Waals surface area (Å²) in [4.78, 5) is 16.5. The number of nitrogens with one attached hydrogen (secondary N) is 2. The van der Waals surface area contributed by atoms with Gasteiger partial charge in [-0.1, -0.05) is 30.3 Å². The average molecular weight is 328 g/mol. The zero-order valence-electron chi connectivity index (χ0n) is 12.7. The third-order valence-electron chi connectivity index (χ3n) is 3.59. The maximum atomic E-state index is 13.5. The molecule has 0 bridgehead atoms. The lowest BCUT2D eigenvalue weighted by molar-refractivity contribution is 0.0952. The van der Waals surface area contributed by atoms with Crippen molar-refractivity contribution in [3.05, 3.63) is 65.6 Å². The molecular formula is C18H17FN2OS. The number of hydrogen-bond acceptors (Lipinski definition) is 2. The molecule has 0 fully saturated rings. The largest absolute Gasteiger partial charge is 0.358 e. The summed E-state index contributed by atoms with van der Waals surface area (Å²) in [7, 11) is 0. The fraction of sp³-hybridized carbons (Fsp3) is 0.167. The van der Waals surface area contributed by atoms with Gasteiger partial charge in [0.25, 0.3) is 5.91 Å². The summed E-state index contributed by atoms with van der Waals surface area (Å²) in [5, 5.41) is 3.95. The summed E-state index contributed by atoms with van der Waals surface area (Å²) in [6.45, 7) is 2.52. The van der Waals surface area contributed by atoms with E-state index < -0.39 is 5.82 Å². The van der Waals surface area contributed by atoms with E-state index in [2.05, 4.69) is 16.4 Å². The van der Waals surface area contributed by atoms with Gasteiger partial charge in [-0.05, 0) is 25.1 Å². The van der Waals surface area contributed by atoms with Crippen molar-refractivity contribution in [3.63, 3.8) is 0 Å². The van der Waals surface area contributed by atoms with E-state index in [9.17, 15) is 9.18 Å². The molecule has 1 heterocycles. The summed E-state index contributed by atoms with van der Waals surface area (Å²) in [5.74, 6) is -0.146. The number of thioether (sulfide) groups is 1. The minimum atomic E-state index is -0.495. The molecule has 0 saturated heterocycles. The molecule has 1 aromatic heterocycles. The smallest absolute Gasteiger partial charge is 0.254 e. The zero-order valence-corrected chi connectivity index (χ0v) is 13.5. The first-order chi connectivity index (χ1) is 11.2. The summed E-state index contributed by atoms with van der Waals surface area (Å²) in [6, 6.07) is 14.1. The fourth-order valence-corrected chi connectivity index (χ4v) is 3.50. The van der Waals surface area contributed by atoms with Crippen LogP contribution in [0.3, 0.4) is 0 Å². The van der Waals surface area contributed by atoms with Crippen LogP contribution < -0.4 is 5.32 Å². The van der Waals surface area contributed by atoms with E-state index in [1.165, 1.54) is 22.4 Å². The molecule has 2 aromatic carbocycles. The van der Waals surface area contributed by atoms with Crippen molar-refractivity contribution in [2.24, 2.45) is 0 Å². The molecule has 3 nitrogen and oxygen atoms in total. The number of aromatic nitrogens is 1. The standard InChI is InChI=1S/C18H17FN2OS/c1-12-17(14-7-3-5-9-16(14)21-12)23-11-10-20-18(22)13-6-2-4-8-15(13)19/h2-9,21H,10-11H2,1H3,(H,20,22). The summed E-state index contributed by atoms with van der Waals surface area (Å²) >= 11 is 1.68. The van der Waals surface area contributed by atoms with Gasteiger partial charge in [0.15, 0.2) is 0 Å². The van der Waals surface area contributed by atoms with Gasteiger partial charge in [0.2, 0.25) is 0 Å². The molecule has 0 radical (unpaired) electrons. The summed E-state index contributed by atoms with van der Waals surface area (Å²) in [6.07, 6.45) is 0. The van der Waals surface area contributed by atoms with Crippen LogP contribution in [0.4, 0.5) is 4.39 Å². The number of H-pyrrole nitrogens is 1. The molecule has 0 aliphatic carbocycles. The molecule has 118 valence electrons. The molecule has 1 amide bonds. The van der Waals surface area contributed by atoms with E-state index in [1.54, 1.807) is 23.9 Å². The van der Waals surface area contributed by atoms with Gasteiger partial charge in [-0.15, -0.1) is 11.8 Å². The zero-order chi connectivity index (χ0) is 16.2. The number of rotatable bonds is 5. The Kier molecular flexibility index (Phi) is 4.67. The average Bonchev–Trinajstić information content (AvgIpc) is 2.87. The minimum absolute atomic E-state index is 0.0841. The van der Waals surface area contributed by atoms with Crippen molar-refractivity contribution in [2.75, 3.05) is 12.3 Å². The lowest BCUT2D eigenvalue weighted by atomic mass is 10.2. The molecule has 2 N–H and O–H groups in total. The number of hydrogen-bond donors (Lipinski definition) is 2. The Morgan fingerprint density at radius 1 is 1.17 bits per heavy atom. The molecule has 0 aliphatic heterocycles. The third-order valence-corrected chi connectivity index (χ3v) is 4.81. The Balaban J connectivity index is 1.58. The predicted molar refractivity (Wildman–Crippen MR) is 92.5 cm³/mol. The van der Waals surface area contributed by atoms with Crippen LogP contribution >= 0.6 is 11.8 Å². The van der Waals surface area contributed by atoms with E-state index in [-0.39, 0.29) is 11.5 Å². The van der Waals surface area contributed by atoms with Crippen LogP contribution in [0.1, 0.15) is 16.1 Å². The molecule has 3 rings (SSSR count). The van der Waals surface area contributed by atoms with Gasteiger partial charge < -0.3 is 10.3 Å². The highest BCUT2D eigenvalue weighted by atomic mass is 32.2. The molecule has 0 aliphatic rings. The van der Waals surface area contributed by atoms with E-state index in [4.69, 9.17) is 0 Å². The van der Waals surface area contributed by atoms with Crippen LogP contribution in [0.2, 0.25) is 0 Å². The molecule has 23 heavy (non-hydrogen) atoms. The minimum Gasteiger partial charge on any atom is -0.358 e. The lowest BCUT2D eigenvalue weighted by Crippen LogP contribution is -2.26. The Morgan fingerprint density at radius 2 is 1.91 bits per heavy atom. The number of halogens is 1. The number of carbonyl (C=O) groups excluding carboxylic acids is 1. The Morgan fingerprint density at radius 3 is 2.74 bits per heavy atom. The van der Waals surface area contributed by atoms with Gasteiger partial charge >= 0.3 is 0 Å². The number of para-hydroxylation sites is 1.